The number of unbranched alkanes of at least 4 members (excludes halogenated alkanes) is 1. The highest BCUT2D eigenvalue weighted by Gasteiger charge is 2.30. The maximum atomic E-state index is 5.57. The van der Waals surface area contributed by atoms with Crippen LogP contribution in [0.3, 0.4) is 0 Å². The van der Waals surface area contributed by atoms with Gasteiger partial charge in [0.25, 0.3) is 0 Å². The molecule has 0 N–H and O–H groups in total. The van der Waals surface area contributed by atoms with Crippen LogP contribution in [0.2, 0.25) is 0 Å². The molecule has 1 unspecified atom stereocenters. The van der Waals surface area contributed by atoms with Crippen molar-refractivity contribution in [3.05, 3.63) is 11.7 Å². The molecular formula is C14H25N3O2. The summed E-state index contributed by atoms with van der Waals surface area (Å²) in [5.74, 6) is 1.46. The number of rotatable bonds is 4. The molecule has 0 spiro atoms. The molecule has 108 valence electrons. The van der Waals surface area contributed by atoms with Crippen molar-refractivity contribution in [1.29, 1.82) is 0 Å². The SMILES string of the molecule is CCCCN1CCOCC1c1nc(C(C)(C)C)no1. The number of hydrogen-bond acceptors (Lipinski definition) is 5. The van der Waals surface area contributed by atoms with E-state index in [2.05, 4.69) is 42.7 Å². The molecule has 0 amide bonds. The lowest BCUT2D eigenvalue weighted by molar-refractivity contribution is -0.0203. The molecule has 1 atom stereocenters. The summed E-state index contributed by atoms with van der Waals surface area (Å²) < 4.78 is 11.0. The van der Waals surface area contributed by atoms with Crippen molar-refractivity contribution in [2.45, 2.75) is 52.0 Å². The van der Waals surface area contributed by atoms with Crippen LogP contribution in [0.5, 0.6) is 0 Å². The third kappa shape index (κ3) is 3.54. The Morgan fingerprint density at radius 1 is 1.37 bits per heavy atom. The van der Waals surface area contributed by atoms with E-state index in [1.807, 2.05) is 0 Å². The minimum absolute atomic E-state index is 0.0779. The molecule has 1 saturated heterocycles. The van der Waals surface area contributed by atoms with Crippen LogP contribution in [0.1, 0.15) is 58.3 Å². The van der Waals surface area contributed by atoms with Gasteiger partial charge in [0, 0.05) is 12.0 Å². The zero-order valence-electron chi connectivity index (χ0n) is 12.5. The van der Waals surface area contributed by atoms with E-state index in [9.17, 15) is 0 Å². The third-order valence-electron chi connectivity index (χ3n) is 3.44. The van der Waals surface area contributed by atoms with E-state index in [4.69, 9.17) is 9.26 Å². The molecule has 19 heavy (non-hydrogen) atoms. The molecule has 0 bridgehead atoms. The minimum atomic E-state index is -0.0779. The number of nitrogens with zero attached hydrogens (tertiary/aromatic N) is 3. The zero-order valence-corrected chi connectivity index (χ0v) is 12.5. The second-order valence-corrected chi connectivity index (χ2v) is 6.19. The highest BCUT2D eigenvalue weighted by molar-refractivity contribution is 5.03. The summed E-state index contributed by atoms with van der Waals surface area (Å²) in [6.45, 7) is 11.9. The summed E-state index contributed by atoms with van der Waals surface area (Å²) in [6.07, 6.45) is 2.39. The molecule has 2 rings (SSSR count). The van der Waals surface area contributed by atoms with Crippen LogP contribution in [-0.2, 0) is 10.2 Å². The quantitative estimate of drug-likeness (QED) is 0.839. The van der Waals surface area contributed by atoms with Crippen LogP contribution in [0.4, 0.5) is 0 Å². The first-order valence-corrected chi connectivity index (χ1v) is 7.18. The monoisotopic (exact) mass is 267 g/mol. The minimum Gasteiger partial charge on any atom is -0.378 e. The number of morpholine rings is 1. The Labute approximate surface area is 115 Å². The van der Waals surface area contributed by atoms with E-state index >= 15 is 0 Å². The van der Waals surface area contributed by atoms with Gasteiger partial charge in [0.1, 0.15) is 6.04 Å². The summed E-state index contributed by atoms with van der Waals surface area (Å²) in [4.78, 5) is 6.96. The summed E-state index contributed by atoms with van der Waals surface area (Å²) in [6, 6.07) is 0.115. The highest BCUT2D eigenvalue weighted by Crippen LogP contribution is 2.26. The van der Waals surface area contributed by atoms with Crippen molar-refractivity contribution in [3.63, 3.8) is 0 Å². The second-order valence-electron chi connectivity index (χ2n) is 6.19. The summed E-state index contributed by atoms with van der Waals surface area (Å²) in [5.41, 5.74) is -0.0779. The number of ether oxygens (including phenoxy) is 1. The molecule has 5 nitrogen and oxygen atoms in total. The van der Waals surface area contributed by atoms with Crippen LogP contribution in [0, 0.1) is 0 Å². The summed E-state index contributed by atoms with van der Waals surface area (Å²) in [5, 5.41) is 4.11. The largest absolute Gasteiger partial charge is 0.378 e. The van der Waals surface area contributed by atoms with Crippen LogP contribution in [-0.4, -0.2) is 41.3 Å². The van der Waals surface area contributed by atoms with Gasteiger partial charge in [0.05, 0.1) is 13.2 Å². The molecule has 0 radical (unpaired) electrons. The average Bonchev–Trinajstić information content (AvgIpc) is 2.86. The number of hydrogen-bond donors (Lipinski definition) is 0. The van der Waals surface area contributed by atoms with Gasteiger partial charge in [0.15, 0.2) is 5.82 Å². The predicted octanol–water partition coefficient (Wildman–Crippen LogP) is 2.54. The van der Waals surface area contributed by atoms with Gasteiger partial charge in [-0.1, -0.05) is 39.3 Å². The Morgan fingerprint density at radius 2 is 2.16 bits per heavy atom. The smallest absolute Gasteiger partial charge is 0.246 e. The first-order chi connectivity index (χ1) is 9.02. The molecule has 5 heteroatoms. The van der Waals surface area contributed by atoms with E-state index in [0.29, 0.717) is 12.5 Å². The summed E-state index contributed by atoms with van der Waals surface area (Å²) in [7, 11) is 0. The average molecular weight is 267 g/mol. The Bertz CT molecular complexity index is 398. The normalized spacial score (nSPS) is 21.8. The predicted molar refractivity (Wildman–Crippen MR) is 73.0 cm³/mol. The number of aromatic nitrogens is 2. The van der Waals surface area contributed by atoms with Crippen LogP contribution < -0.4 is 0 Å². The van der Waals surface area contributed by atoms with Gasteiger partial charge in [-0.05, 0) is 13.0 Å². The van der Waals surface area contributed by atoms with Crippen LogP contribution >= 0.6 is 0 Å². The first kappa shape index (κ1) is 14.5. The topological polar surface area (TPSA) is 51.4 Å². The van der Waals surface area contributed by atoms with E-state index in [-0.39, 0.29) is 11.5 Å². The van der Waals surface area contributed by atoms with Crippen molar-refractivity contribution in [2.24, 2.45) is 0 Å². The lowest BCUT2D eigenvalue weighted by Crippen LogP contribution is -2.40. The molecule has 0 saturated carbocycles. The molecule has 1 aliphatic heterocycles. The van der Waals surface area contributed by atoms with E-state index in [0.717, 1.165) is 25.5 Å². The maximum absolute atomic E-state index is 5.57. The van der Waals surface area contributed by atoms with Gasteiger partial charge in [-0.3, -0.25) is 4.90 Å². The van der Waals surface area contributed by atoms with E-state index in [1.165, 1.54) is 12.8 Å². The lowest BCUT2D eigenvalue weighted by Gasteiger charge is -2.33. The molecule has 0 aromatic carbocycles. The molecule has 1 aromatic rings. The summed E-state index contributed by atoms with van der Waals surface area (Å²) >= 11 is 0. The Morgan fingerprint density at radius 3 is 2.79 bits per heavy atom. The molecule has 1 aromatic heterocycles. The Hall–Kier alpha value is -0.940. The fraction of sp³-hybridized carbons (Fsp3) is 0.857. The standard InChI is InChI=1S/C14H25N3O2/c1-5-6-7-17-8-9-18-10-11(17)12-15-13(16-19-12)14(2,3)4/h11H,5-10H2,1-4H3. The third-order valence-corrected chi connectivity index (χ3v) is 3.44. The van der Waals surface area contributed by atoms with E-state index in [1.54, 1.807) is 0 Å². The van der Waals surface area contributed by atoms with E-state index < -0.39 is 0 Å². The molecule has 0 aliphatic carbocycles. The van der Waals surface area contributed by atoms with Gasteiger partial charge in [-0.2, -0.15) is 4.98 Å². The zero-order chi connectivity index (χ0) is 13.9. The molecule has 1 aliphatic rings. The van der Waals surface area contributed by atoms with Crippen LogP contribution in [0.25, 0.3) is 0 Å². The van der Waals surface area contributed by atoms with Crippen molar-refractivity contribution in [2.75, 3.05) is 26.3 Å². The highest BCUT2D eigenvalue weighted by atomic mass is 16.5. The van der Waals surface area contributed by atoms with Crippen LogP contribution in [0.15, 0.2) is 4.52 Å². The maximum Gasteiger partial charge on any atom is 0.246 e. The Kier molecular flexibility index (Phi) is 4.58. The van der Waals surface area contributed by atoms with Gasteiger partial charge in [-0.25, -0.2) is 0 Å². The van der Waals surface area contributed by atoms with Gasteiger partial charge < -0.3 is 9.26 Å². The molecule has 2 heterocycles. The lowest BCUT2D eigenvalue weighted by atomic mass is 9.96. The van der Waals surface area contributed by atoms with Crippen molar-refractivity contribution >= 4 is 0 Å². The first-order valence-electron chi connectivity index (χ1n) is 7.18. The Balaban J connectivity index is 2.11. The van der Waals surface area contributed by atoms with Gasteiger partial charge in [0.2, 0.25) is 5.89 Å². The molecule has 1 fully saturated rings. The second kappa shape index (κ2) is 6.01. The van der Waals surface area contributed by atoms with Crippen molar-refractivity contribution < 1.29 is 9.26 Å². The van der Waals surface area contributed by atoms with Crippen molar-refractivity contribution in [1.82, 2.24) is 15.0 Å². The fourth-order valence-electron chi connectivity index (χ4n) is 2.17. The van der Waals surface area contributed by atoms with Gasteiger partial charge >= 0.3 is 0 Å². The van der Waals surface area contributed by atoms with Crippen molar-refractivity contribution in [3.8, 4) is 0 Å². The molecular weight excluding hydrogens is 242 g/mol. The fourth-order valence-corrected chi connectivity index (χ4v) is 2.17. The van der Waals surface area contributed by atoms with Gasteiger partial charge in [-0.15, -0.1) is 0 Å².